The van der Waals surface area contributed by atoms with Crippen LogP contribution >= 0.6 is 0 Å². The van der Waals surface area contributed by atoms with Crippen LogP contribution < -0.4 is 4.74 Å². The van der Waals surface area contributed by atoms with Crippen LogP contribution in [0.4, 0.5) is 0 Å². The fourth-order valence-electron chi connectivity index (χ4n) is 3.63. The second-order valence-electron chi connectivity index (χ2n) is 7.36. The SMILES string of the molecule is CC1(C)Cc2cc(CN3CCO[C@H](c4cccnc4)C3)ccc2O1. The second kappa shape index (κ2) is 6.19. The molecule has 2 aromatic rings. The van der Waals surface area contributed by atoms with E-state index in [9.17, 15) is 0 Å². The number of ether oxygens (including phenoxy) is 2. The first-order chi connectivity index (χ1) is 11.6. The molecule has 0 N–H and O–H groups in total. The molecule has 3 heterocycles. The number of benzene rings is 1. The lowest BCUT2D eigenvalue weighted by Gasteiger charge is -2.33. The van der Waals surface area contributed by atoms with Crippen molar-refractivity contribution in [3.63, 3.8) is 0 Å². The van der Waals surface area contributed by atoms with Gasteiger partial charge in [-0.3, -0.25) is 9.88 Å². The largest absolute Gasteiger partial charge is 0.487 e. The first-order valence-corrected chi connectivity index (χ1v) is 8.64. The van der Waals surface area contributed by atoms with E-state index in [2.05, 4.69) is 48.0 Å². The van der Waals surface area contributed by atoms with Crippen molar-refractivity contribution in [1.82, 2.24) is 9.88 Å². The van der Waals surface area contributed by atoms with E-state index < -0.39 is 0 Å². The van der Waals surface area contributed by atoms with Crippen LogP contribution in [0.1, 0.15) is 36.6 Å². The number of pyridine rings is 1. The molecule has 0 saturated carbocycles. The van der Waals surface area contributed by atoms with Gasteiger partial charge in [0, 0.05) is 44.0 Å². The molecule has 4 nitrogen and oxygen atoms in total. The maximum Gasteiger partial charge on any atom is 0.123 e. The molecule has 0 unspecified atom stereocenters. The fourth-order valence-corrected chi connectivity index (χ4v) is 3.63. The minimum absolute atomic E-state index is 0.0780. The molecule has 0 radical (unpaired) electrons. The summed E-state index contributed by atoms with van der Waals surface area (Å²) in [5.74, 6) is 1.04. The van der Waals surface area contributed by atoms with Gasteiger partial charge in [0.15, 0.2) is 0 Å². The summed E-state index contributed by atoms with van der Waals surface area (Å²) in [7, 11) is 0. The molecule has 1 fully saturated rings. The lowest BCUT2D eigenvalue weighted by Crippen LogP contribution is -2.37. The average molecular weight is 324 g/mol. The number of nitrogens with zero attached hydrogens (tertiary/aromatic N) is 2. The summed E-state index contributed by atoms with van der Waals surface area (Å²) < 4.78 is 11.9. The van der Waals surface area contributed by atoms with E-state index in [1.807, 2.05) is 12.3 Å². The summed E-state index contributed by atoms with van der Waals surface area (Å²) in [5, 5.41) is 0. The van der Waals surface area contributed by atoms with Gasteiger partial charge in [0.2, 0.25) is 0 Å². The molecule has 24 heavy (non-hydrogen) atoms. The van der Waals surface area contributed by atoms with Crippen molar-refractivity contribution in [1.29, 1.82) is 0 Å². The van der Waals surface area contributed by atoms with Crippen LogP contribution in [0.2, 0.25) is 0 Å². The highest BCUT2D eigenvalue weighted by atomic mass is 16.5. The lowest BCUT2D eigenvalue weighted by atomic mass is 10.00. The number of fused-ring (bicyclic) bond motifs is 1. The van der Waals surface area contributed by atoms with Gasteiger partial charge in [-0.05, 0) is 37.1 Å². The Hall–Kier alpha value is -1.91. The monoisotopic (exact) mass is 324 g/mol. The Morgan fingerprint density at radius 2 is 2.21 bits per heavy atom. The van der Waals surface area contributed by atoms with E-state index in [0.29, 0.717) is 0 Å². The van der Waals surface area contributed by atoms with E-state index in [4.69, 9.17) is 9.47 Å². The third-order valence-electron chi connectivity index (χ3n) is 4.74. The zero-order chi connectivity index (χ0) is 16.6. The zero-order valence-corrected chi connectivity index (χ0v) is 14.4. The average Bonchev–Trinajstić information content (AvgIpc) is 2.89. The summed E-state index contributed by atoms with van der Waals surface area (Å²) >= 11 is 0. The molecule has 0 aliphatic carbocycles. The van der Waals surface area contributed by atoms with E-state index in [1.54, 1.807) is 6.20 Å². The first-order valence-electron chi connectivity index (χ1n) is 8.64. The maximum atomic E-state index is 5.97. The highest BCUT2D eigenvalue weighted by Crippen LogP contribution is 2.35. The highest BCUT2D eigenvalue weighted by Gasteiger charge is 2.30. The van der Waals surface area contributed by atoms with E-state index in [0.717, 1.165) is 44.0 Å². The molecule has 126 valence electrons. The van der Waals surface area contributed by atoms with Crippen molar-refractivity contribution in [3.05, 3.63) is 59.4 Å². The Morgan fingerprint density at radius 1 is 1.29 bits per heavy atom. The number of rotatable bonds is 3. The van der Waals surface area contributed by atoms with Gasteiger partial charge in [-0.25, -0.2) is 0 Å². The Kier molecular flexibility index (Phi) is 4.02. The van der Waals surface area contributed by atoms with Gasteiger partial charge >= 0.3 is 0 Å². The Morgan fingerprint density at radius 3 is 3.04 bits per heavy atom. The maximum absolute atomic E-state index is 5.97. The van der Waals surface area contributed by atoms with Crippen LogP contribution in [0.5, 0.6) is 5.75 Å². The van der Waals surface area contributed by atoms with Gasteiger partial charge in [0.05, 0.1) is 12.7 Å². The topological polar surface area (TPSA) is 34.6 Å². The molecule has 2 aliphatic heterocycles. The van der Waals surface area contributed by atoms with E-state index in [-0.39, 0.29) is 11.7 Å². The Bertz CT molecular complexity index is 715. The quantitative estimate of drug-likeness (QED) is 0.867. The van der Waals surface area contributed by atoms with Crippen LogP contribution in [0.25, 0.3) is 0 Å². The minimum Gasteiger partial charge on any atom is -0.487 e. The molecule has 0 spiro atoms. The number of aromatic nitrogens is 1. The smallest absolute Gasteiger partial charge is 0.123 e. The number of hydrogen-bond acceptors (Lipinski definition) is 4. The van der Waals surface area contributed by atoms with Gasteiger partial charge in [-0.15, -0.1) is 0 Å². The van der Waals surface area contributed by atoms with E-state index >= 15 is 0 Å². The summed E-state index contributed by atoms with van der Waals surface area (Å²) in [4.78, 5) is 6.67. The van der Waals surface area contributed by atoms with Crippen LogP contribution in [0.3, 0.4) is 0 Å². The molecule has 4 rings (SSSR count). The molecule has 4 heteroatoms. The van der Waals surface area contributed by atoms with Gasteiger partial charge in [-0.1, -0.05) is 18.2 Å². The lowest BCUT2D eigenvalue weighted by molar-refractivity contribution is -0.0330. The van der Waals surface area contributed by atoms with Crippen molar-refractivity contribution < 1.29 is 9.47 Å². The standard InChI is InChI=1S/C20H24N2O2/c1-20(2)11-17-10-15(5-6-18(17)24-20)13-22-8-9-23-19(14-22)16-4-3-7-21-12-16/h3-7,10,12,19H,8-9,11,13-14H2,1-2H3/t19-/m0/s1. The first kappa shape index (κ1) is 15.6. The molecule has 0 bridgehead atoms. The molecule has 1 aromatic carbocycles. The Labute approximate surface area is 143 Å². The van der Waals surface area contributed by atoms with Crippen LogP contribution in [0.15, 0.2) is 42.7 Å². The molecule has 1 atom stereocenters. The highest BCUT2D eigenvalue weighted by molar-refractivity contribution is 5.41. The van der Waals surface area contributed by atoms with Gasteiger partial charge in [0.1, 0.15) is 11.4 Å². The normalized spacial score (nSPS) is 22.8. The predicted octanol–water partition coefficient (Wildman–Crippen LogP) is 3.37. The molecule has 1 saturated heterocycles. The van der Waals surface area contributed by atoms with Crippen molar-refractivity contribution >= 4 is 0 Å². The second-order valence-corrected chi connectivity index (χ2v) is 7.36. The zero-order valence-electron chi connectivity index (χ0n) is 14.4. The van der Waals surface area contributed by atoms with E-state index in [1.165, 1.54) is 11.1 Å². The molecular weight excluding hydrogens is 300 g/mol. The molecular formula is C20H24N2O2. The summed E-state index contributed by atoms with van der Waals surface area (Å²) in [6, 6.07) is 10.7. The van der Waals surface area contributed by atoms with Crippen LogP contribution in [-0.2, 0) is 17.7 Å². The fraction of sp³-hybridized carbons (Fsp3) is 0.450. The van der Waals surface area contributed by atoms with Crippen LogP contribution in [-0.4, -0.2) is 35.2 Å². The van der Waals surface area contributed by atoms with Crippen molar-refractivity contribution in [2.45, 2.75) is 38.5 Å². The third kappa shape index (κ3) is 3.30. The molecule has 2 aliphatic rings. The molecule has 1 aromatic heterocycles. The summed E-state index contributed by atoms with van der Waals surface area (Å²) in [5.41, 5.74) is 3.76. The van der Waals surface area contributed by atoms with Gasteiger partial charge in [-0.2, -0.15) is 0 Å². The van der Waals surface area contributed by atoms with Gasteiger partial charge < -0.3 is 9.47 Å². The Balaban J connectivity index is 1.44. The third-order valence-corrected chi connectivity index (χ3v) is 4.74. The van der Waals surface area contributed by atoms with Crippen molar-refractivity contribution in [2.24, 2.45) is 0 Å². The van der Waals surface area contributed by atoms with Crippen molar-refractivity contribution in [3.8, 4) is 5.75 Å². The number of hydrogen-bond donors (Lipinski definition) is 0. The minimum atomic E-state index is -0.0780. The predicted molar refractivity (Wildman–Crippen MR) is 93.1 cm³/mol. The summed E-state index contributed by atoms with van der Waals surface area (Å²) in [6.07, 6.45) is 4.81. The number of morpholine rings is 1. The van der Waals surface area contributed by atoms with Crippen molar-refractivity contribution in [2.75, 3.05) is 19.7 Å². The molecule has 0 amide bonds. The summed E-state index contributed by atoms with van der Waals surface area (Å²) in [6.45, 7) is 7.88. The van der Waals surface area contributed by atoms with Crippen LogP contribution in [0, 0.1) is 0 Å². The van der Waals surface area contributed by atoms with Gasteiger partial charge in [0.25, 0.3) is 0 Å².